The standard InChI is InChI=1S/C8H18.C3H6F2.C2H6/c1-4-6-8(3)7-5-2;1-2-3(4)5;1-2/h8H,4-7H2,1-3H3;3H,2H2,1H3;1-2H3. The fourth-order valence-electron chi connectivity index (χ4n) is 1.13. The van der Waals surface area contributed by atoms with Crippen molar-refractivity contribution in [3.05, 3.63) is 0 Å². The summed E-state index contributed by atoms with van der Waals surface area (Å²) in [7, 11) is 0. The fraction of sp³-hybridized carbons (Fsp3) is 1.00. The SMILES string of the molecule is CC.CCC(F)F.CCCC(C)CCC. The highest BCUT2D eigenvalue weighted by Crippen LogP contribution is 2.10. The van der Waals surface area contributed by atoms with Crippen LogP contribution in [-0.4, -0.2) is 6.43 Å². The molecule has 0 rings (SSSR count). The molecule has 2 heteroatoms. The van der Waals surface area contributed by atoms with Crippen molar-refractivity contribution < 1.29 is 8.78 Å². The average molecular weight is 224 g/mol. The molecule has 0 atom stereocenters. The highest BCUT2D eigenvalue weighted by molar-refractivity contribution is 4.48. The highest BCUT2D eigenvalue weighted by atomic mass is 19.3. The summed E-state index contributed by atoms with van der Waals surface area (Å²) in [4.78, 5) is 0. The Morgan fingerprint density at radius 2 is 1.13 bits per heavy atom. The second-order valence-corrected chi connectivity index (χ2v) is 3.48. The van der Waals surface area contributed by atoms with Gasteiger partial charge in [0.2, 0.25) is 6.43 Å². The first-order chi connectivity index (χ1) is 7.08. The van der Waals surface area contributed by atoms with Gasteiger partial charge in [-0.1, -0.05) is 67.2 Å². The van der Waals surface area contributed by atoms with Crippen molar-refractivity contribution in [2.45, 2.75) is 80.1 Å². The van der Waals surface area contributed by atoms with E-state index < -0.39 is 6.43 Å². The minimum absolute atomic E-state index is 0.0278. The van der Waals surface area contributed by atoms with Crippen molar-refractivity contribution >= 4 is 0 Å². The summed E-state index contributed by atoms with van der Waals surface area (Å²) in [6.07, 6.45) is 3.37. The van der Waals surface area contributed by atoms with Crippen LogP contribution >= 0.6 is 0 Å². The molecule has 0 amide bonds. The van der Waals surface area contributed by atoms with Crippen molar-refractivity contribution in [2.75, 3.05) is 0 Å². The molecule has 15 heavy (non-hydrogen) atoms. The molecule has 0 spiro atoms. The van der Waals surface area contributed by atoms with Gasteiger partial charge in [0, 0.05) is 6.42 Å². The Hall–Kier alpha value is -0.140. The van der Waals surface area contributed by atoms with Crippen LogP contribution in [0.4, 0.5) is 8.78 Å². The number of rotatable bonds is 5. The first kappa shape index (κ1) is 20.3. The molecule has 0 saturated heterocycles. The van der Waals surface area contributed by atoms with Gasteiger partial charge in [0.1, 0.15) is 0 Å². The van der Waals surface area contributed by atoms with E-state index in [1.54, 1.807) is 0 Å². The molecule has 0 heterocycles. The van der Waals surface area contributed by atoms with Gasteiger partial charge in [-0.15, -0.1) is 0 Å². The minimum atomic E-state index is -2.12. The summed E-state index contributed by atoms with van der Waals surface area (Å²) in [5.74, 6) is 0.963. The molecule has 0 nitrogen and oxygen atoms in total. The molecule has 0 aromatic carbocycles. The number of halogens is 2. The van der Waals surface area contributed by atoms with E-state index in [2.05, 4.69) is 20.8 Å². The zero-order valence-corrected chi connectivity index (χ0v) is 11.4. The average Bonchev–Trinajstić information content (AvgIpc) is 2.22. The Kier molecular flexibility index (Phi) is 26.3. The maximum absolute atomic E-state index is 10.8. The molecule has 0 aliphatic carbocycles. The van der Waals surface area contributed by atoms with Gasteiger partial charge in [0.05, 0.1) is 0 Å². The van der Waals surface area contributed by atoms with Crippen molar-refractivity contribution in [1.29, 1.82) is 0 Å². The summed E-state index contributed by atoms with van der Waals surface area (Å²) >= 11 is 0. The van der Waals surface area contributed by atoms with E-state index >= 15 is 0 Å². The Balaban J connectivity index is -0.000000177. The predicted octanol–water partition coefficient (Wildman–Crippen LogP) is 5.91. The van der Waals surface area contributed by atoms with E-state index in [-0.39, 0.29) is 6.42 Å². The van der Waals surface area contributed by atoms with Gasteiger partial charge in [-0.25, -0.2) is 8.78 Å². The third-order valence-corrected chi connectivity index (χ3v) is 1.87. The maximum Gasteiger partial charge on any atom is 0.238 e. The third kappa shape index (κ3) is 31.6. The van der Waals surface area contributed by atoms with E-state index in [1.807, 2.05) is 13.8 Å². The quantitative estimate of drug-likeness (QED) is 0.544. The van der Waals surface area contributed by atoms with Crippen LogP contribution in [0, 0.1) is 5.92 Å². The Morgan fingerprint density at radius 1 is 0.867 bits per heavy atom. The summed E-state index contributed by atoms with van der Waals surface area (Å²) in [5.41, 5.74) is 0. The molecule has 96 valence electrons. The lowest BCUT2D eigenvalue weighted by atomic mass is 10.0. The monoisotopic (exact) mass is 224 g/mol. The molecule has 0 aliphatic heterocycles. The van der Waals surface area contributed by atoms with E-state index in [9.17, 15) is 8.78 Å². The number of hydrogen-bond donors (Lipinski definition) is 0. The zero-order chi connectivity index (χ0) is 12.7. The van der Waals surface area contributed by atoms with Crippen LogP contribution < -0.4 is 0 Å². The molecule has 0 fully saturated rings. The van der Waals surface area contributed by atoms with E-state index in [0.29, 0.717) is 0 Å². The summed E-state index contributed by atoms with van der Waals surface area (Å²) in [6.45, 7) is 12.3. The Bertz CT molecular complexity index is 76.6. The first-order valence-corrected chi connectivity index (χ1v) is 6.36. The van der Waals surface area contributed by atoms with Crippen LogP contribution in [0.25, 0.3) is 0 Å². The molecule has 0 unspecified atom stereocenters. The van der Waals surface area contributed by atoms with Gasteiger partial charge >= 0.3 is 0 Å². The predicted molar refractivity (Wildman–Crippen MR) is 66.6 cm³/mol. The van der Waals surface area contributed by atoms with Crippen molar-refractivity contribution in [3.8, 4) is 0 Å². The van der Waals surface area contributed by atoms with Crippen molar-refractivity contribution in [3.63, 3.8) is 0 Å². The number of alkyl halides is 2. The molecule has 0 aliphatic rings. The smallest absolute Gasteiger partial charge is 0.211 e. The fourth-order valence-corrected chi connectivity index (χ4v) is 1.13. The van der Waals surface area contributed by atoms with E-state index in [0.717, 1.165) is 5.92 Å². The largest absolute Gasteiger partial charge is 0.238 e. The normalized spacial score (nSPS) is 9.20. The Morgan fingerprint density at radius 3 is 1.27 bits per heavy atom. The van der Waals surface area contributed by atoms with Gasteiger partial charge in [0.15, 0.2) is 0 Å². The van der Waals surface area contributed by atoms with Crippen molar-refractivity contribution in [1.82, 2.24) is 0 Å². The first-order valence-electron chi connectivity index (χ1n) is 6.36. The van der Waals surface area contributed by atoms with Crippen LogP contribution in [0.3, 0.4) is 0 Å². The molecular weight excluding hydrogens is 194 g/mol. The van der Waals surface area contributed by atoms with Gasteiger partial charge in [-0.3, -0.25) is 0 Å². The third-order valence-electron chi connectivity index (χ3n) is 1.87. The van der Waals surface area contributed by atoms with Crippen LogP contribution in [0.1, 0.15) is 73.6 Å². The summed E-state index contributed by atoms with van der Waals surface area (Å²) in [6, 6.07) is 0. The van der Waals surface area contributed by atoms with Crippen molar-refractivity contribution in [2.24, 2.45) is 5.92 Å². The minimum Gasteiger partial charge on any atom is -0.211 e. The molecular formula is C13H30F2. The van der Waals surface area contributed by atoms with E-state index in [1.165, 1.54) is 32.6 Å². The molecule has 0 radical (unpaired) electrons. The summed E-state index contributed by atoms with van der Waals surface area (Å²) in [5, 5.41) is 0. The van der Waals surface area contributed by atoms with Gasteiger partial charge in [0.25, 0.3) is 0 Å². The molecule has 0 saturated carbocycles. The van der Waals surface area contributed by atoms with Crippen LogP contribution in [0.5, 0.6) is 0 Å². The Labute approximate surface area is 95.5 Å². The van der Waals surface area contributed by atoms with E-state index in [4.69, 9.17) is 0 Å². The van der Waals surface area contributed by atoms with Crippen LogP contribution in [-0.2, 0) is 0 Å². The second-order valence-electron chi connectivity index (χ2n) is 3.48. The van der Waals surface area contributed by atoms with Gasteiger partial charge < -0.3 is 0 Å². The molecule has 0 aromatic rings. The summed E-state index contributed by atoms with van der Waals surface area (Å²) < 4.78 is 21.5. The van der Waals surface area contributed by atoms with Crippen LogP contribution in [0.15, 0.2) is 0 Å². The van der Waals surface area contributed by atoms with Gasteiger partial charge in [-0.05, 0) is 5.92 Å². The topological polar surface area (TPSA) is 0 Å². The number of hydrogen-bond acceptors (Lipinski definition) is 0. The van der Waals surface area contributed by atoms with Gasteiger partial charge in [-0.2, -0.15) is 0 Å². The maximum atomic E-state index is 10.8. The molecule has 0 aromatic heterocycles. The zero-order valence-electron chi connectivity index (χ0n) is 11.4. The highest BCUT2D eigenvalue weighted by Gasteiger charge is 1.95. The molecule has 0 bridgehead atoms. The lowest BCUT2D eigenvalue weighted by Crippen LogP contribution is -1.91. The lowest BCUT2D eigenvalue weighted by Gasteiger charge is -2.05. The lowest BCUT2D eigenvalue weighted by molar-refractivity contribution is 0.144. The molecule has 0 N–H and O–H groups in total. The second kappa shape index (κ2) is 19.4. The van der Waals surface area contributed by atoms with Crippen LogP contribution in [0.2, 0.25) is 0 Å².